The number of carbonyl (C=O) groups is 1. The molecule has 19 heavy (non-hydrogen) atoms. The summed E-state index contributed by atoms with van der Waals surface area (Å²) in [5.41, 5.74) is 3.00. The summed E-state index contributed by atoms with van der Waals surface area (Å²) in [5.74, 6) is 0.0750. The van der Waals surface area contributed by atoms with Gasteiger partial charge in [-0.3, -0.25) is 4.79 Å². The fourth-order valence-corrected chi connectivity index (χ4v) is 2.75. The minimum atomic E-state index is -0.414. The van der Waals surface area contributed by atoms with E-state index in [1.165, 1.54) is 0 Å². The zero-order valence-electron chi connectivity index (χ0n) is 12.0. The van der Waals surface area contributed by atoms with Crippen LogP contribution in [0.4, 0.5) is 5.69 Å². The Bertz CT molecular complexity index is 470. The van der Waals surface area contributed by atoms with Gasteiger partial charge in [0.2, 0.25) is 5.91 Å². The van der Waals surface area contributed by atoms with Crippen molar-refractivity contribution in [2.45, 2.75) is 52.1 Å². The van der Waals surface area contributed by atoms with Crippen LogP contribution in [-0.4, -0.2) is 17.6 Å². The van der Waals surface area contributed by atoms with Crippen LogP contribution >= 0.6 is 0 Å². The predicted octanol–water partition coefficient (Wildman–Crippen LogP) is 3.38. The summed E-state index contributed by atoms with van der Waals surface area (Å²) in [6.07, 6.45) is 2.48. The quantitative estimate of drug-likeness (QED) is 0.882. The van der Waals surface area contributed by atoms with E-state index in [-0.39, 0.29) is 11.8 Å². The number of unbranched alkanes of at least 4 members (excludes halogenated alkanes) is 1. The first-order valence-electron chi connectivity index (χ1n) is 7.23. The van der Waals surface area contributed by atoms with E-state index in [0.717, 1.165) is 36.1 Å². The van der Waals surface area contributed by atoms with E-state index in [0.29, 0.717) is 6.54 Å². The molecule has 0 bridgehead atoms. The summed E-state index contributed by atoms with van der Waals surface area (Å²) in [6.45, 7) is 6.76. The van der Waals surface area contributed by atoms with Gasteiger partial charge >= 0.3 is 0 Å². The summed E-state index contributed by atoms with van der Waals surface area (Å²) in [5, 5.41) is 10.2. The lowest BCUT2D eigenvalue weighted by molar-refractivity contribution is -0.118. The van der Waals surface area contributed by atoms with E-state index < -0.39 is 6.10 Å². The Hall–Kier alpha value is -1.35. The number of carbonyl (C=O) groups excluding carboxylic acids is 1. The maximum Gasteiger partial charge on any atom is 0.234 e. The molecule has 0 radical (unpaired) electrons. The van der Waals surface area contributed by atoms with Crippen molar-refractivity contribution in [2.24, 2.45) is 0 Å². The van der Waals surface area contributed by atoms with Crippen LogP contribution in [0.25, 0.3) is 0 Å². The Morgan fingerprint density at radius 1 is 1.37 bits per heavy atom. The highest BCUT2D eigenvalue weighted by Gasteiger charge is 2.33. The number of fused-ring (bicyclic) bond motifs is 1. The zero-order valence-corrected chi connectivity index (χ0v) is 12.0. The Morgan fingerprint density at radius 3 is 2.74 bits per heavy atom. The van der Waals surface area contributed by atoms with E-state index in [4.69, 9.17) is 0 Å². The lowest BCUT2D eigenvalue weighted by atomic mass is 9.96. The Morgan fingerprint density at radius 2 is 2.11 bits per heavy atom. The summed E-state index contributed by atoms with van der Waals surface area (Å²) >= 11 is 0. The normalized spacial score (nSPS) is 19.7. The molecule has 2 unspecified atom stereocenters. The average Bonchev–Trinajstić information content (AvgIpc) is 2.67. The molecule has 2 atom stereocenters. The van der Waals surface area contributed by atoms with Crippen molar-refractivity contribution >= 4 is 11.6 Å². The zero-order chi connectivity index (χ0) is 14.0. The third kappa shape index (κ3) is 2.52. The van der Waals surface area contributed by atoms with Gasteiger partial charge in [0.05, 0.1) is 12.0 Å². The van der Waals surface area contributed by atoms with Gasteiger partial charge in [0, 0.05) is 12.2 Å². The van der Waals surface area contributed by atoms with Gasteiger partial charge in [0.15, 0.2) is 0 Å². The van der Waals surface area contributed by atoms with Crippen LogP contribution in [0.3, 0.4) is 0 Å². The largest absolute Gasteiger partial charge is 0.388 e. The highest BCUT2D eigenvalue weighted by Crippen LogP contribution is 2.38. The number of aliphatic hydroxyl groups is 1. The monoisotopic (exact) mass is 261 g/mol. The fraction of sp³-hybridized carbons (Fsp3) is 0.562. The standard InChI is InChI=1S/C16H23NO2/c1-4-6-7-15(18)12-8-9-14-13(10-12)11(3)16(19)17(14)5-2/h8-11,15,18H,4-7H2,1-3H3. The third-order valence-electron chi connectivity index (χ3n) is 3.98. The lowest BCUT2D eigenvalue weighted by Gasteiger charge is -2.16. The molecular formula is C16H23NO2. The summed E-state index contributed by atoms with van der Waals surface area (Å²) in [4.78, 5) is 13.9. The van der Waals surface area contributed by atoms with Crippen LogP contribution in [0, 0.1) is 0 Å². The molecule has 0 saturated heterocycles. The van der Waals surface area contributed by atoms with Crippen LogP contribution in [-0.2, 0) is 4.79 Å². The molecule has 1 heterocycles. The molecule has 0 spiro atoms. The minimum Gasteiger partial charge on any atom is -0.388 e. The molecule has 1 aromatic rings. The molecule has 1 aromatic carbocycles. The summed E-state index contributed by atoms with van der Waals surface area (Å²) in [7, 11) is 0. The highest BCUT2D eigenvalue weighted by atomic mass is 16.3. The first kappa shape index (κ1) is 14.1. The number of anilines is 1. The molecule has 104 valence electrons. The van der Waals surface area contributed by atoms with Crippen LogP contribution in [0.5, 0.6) is 0 Å². The van der Waals surface area contributed by atoms with Crippen molar-refractivity contribution in [3.05, 3.63) is 29.3 Å². The smallest absolute Gasteiger partial charge is 0.234 e. The molecule has 0 fully saturated rings. The second-order valence-electron chi connectivity index (χ2n) is 5.28. The third-order valence-corrected chi connectivity index (χ3v) is 3.98. The maximum atomic E-state index is 12.1. The average molecular weight is 261 g/mol. The van der Waals surface area contributed by atoms with Gasteiger partial charge < -0.3 is 10.0 Å². The Labute approximate surface area is 115 Å². The number of amides is 1. The predicted molar refractivity (Wildman–Crippen MR) is 77.4 cm³/mol. The second-order valence-corrected chi connectivity index (χ2v) is 5.28. The SMILES string of the molecule is CCCCC(O)c1ccc2c(c1)C(C)C(=O)N2CC. The number of nitrogens with zero attached hydrogens (tertiary/aromatic N) is 1. The van der Waals surface area contributed by atoms with Crippen molar-refractivity contribution in [3.8, 4) is 0 Å². The Balaban J connectivity index is 2.27. The van der Waals surface area contributed by atoms with E-state index in [9.17, 15) is 9.90 Å². The minimum absolute atomic E-state index is 0.0896. The van der Waals surface area contributed by atoms with Crippen molar-refractivity contribution < 1.29 is 9.90 Å². The van der Waals surface area contributed by atoms with Crippen molar-refractivity contribution in [2.75, 3.05) is 11.4 Å². The molecule has 3 heteroatoms. The molecule has 0 saturated carbocycles. The first-order valence-corrected chi connectivity index (χ1v) is 7.23. The van der Waals surface area contributed by atoms with Gasteiger partial charge in [-0.2, -0.15) is 0 Å². The van der Waals surface area contributed by atoms with Crippen molar-refractivity contribution in [1.29, 1.82) is 0 Å². The van der Waals surface area contributed by atoms with Crippen LogP contribution in [0.1, 0.15) is 63.2 Å². The van der Waals surface area contributed by atoms with Gasteiger partial charge in [0.25, 0.3) is 0 Å². The second kappa shape index (κ2) is 5.74. The number of likely N-dealkylation sites (N-methyl/N-ethyl adjacent to an activating group) is 1. The van der Waals surface area contributed by atoms with E-state index in [2.05, 4.69) is 6.92 Å². The fourth-order valence-electron chi connectivity index (χ4n) is 2.75. The van der Waals surface area contributed by atoms with E-state index in [1.54, 1.807) is 0 Å². The van der Waals surface area contributed by atoms with Gasteiger partial charge in [-0.05, 0) is 37.5 Å². The molecule has 0 aromatic heterocycles. The Kier molecular flexibility index (Phi) is 4.25. The number of aliphatic hydroxyl groups excluding tert-OH is 1. The molecule has 1 aliphatic heterocycles. The first-order chi connectivity index (χ1) is 9.10. The molecule has 1 N–H and O–H groups in total. The van der Waals surface area contributed by atoms with Crippen molar-refractivity contribution in [1.82, 2.24) is 0 Å². The number of hydrogen-bond acceptors (Lipinski definition) is 2. The van der Waals surface area contributed by atoms with Gasteiger partial charge in [-0.25, -0.2) is 0 Å². The van der Waals surface area contributed by atoms with Crippen LogP contribution in [0.2, 0.25) is 0 Å². The van der Waals surface area contributed by atoms with Crippen molar-refractivity contribution in [3.63, 3.8) is 0 Å². The van der Waals surface area contributed by atoms with Crippen LogP contribution in [0.15, 0.2) is 18.2 Å². The highest BCUT2D eigenvalue weighted by molar-refractivity contribution is 6.04. The molecule has 1 amide bonds. The van der Waals surface area contributed by atoms with Gasteiger partial charge in [0.1, 0.15) is 0 Å². The number of hydrogen-bond donors (Lipinski definition) is 1. The molecular weight excluding hydrogens is 238 g/mol. The summed E-state index contributed by atoms with van der Waals surface area (Å²) in [6, 6.07) is 5.94. The topological polar surface area (TPSA) is 40.5 Å². The van der Waals surface area contributed by atoms with Gasteiger partial charge in [-0.1, -0.05) is 31.9 Å². The summed E-state index contributed by atoms with van der Waals surface area (Å²) < 4.78 is 0. The number of benzene rings is 1. The van der Waals surface area contributed by atoms with Crippen LogP contribution < -0.4 is 4.90 Å². The maximum absolute atomic E-state index is 12.1. The molecule has 3 nitrogen and oxygen atoms in total. The molecule has 1 aliphatic rings. The molecule has 2 rings (SSSR count). The van der Waals surface area contributed by atoms with E-state index >= 15 is 0 Å². The lowest BCUT2D eigenvalue weighted by Crippen LogP contribution is -2.27. The van der Waals surface area contributed by atoms with Gasteiger partial charge in [-0.15, -0.1) is 0 Å². The molecule has 0 aliphatic carbocycles. The van der Waals surface area contributed by atoms with E-state index in [1.807, 2.05) is 36.9 Å². The number of rotatable bonds is 5.